The third-order valence-corrected chi connectivity index (χ3v) is 4.77. The Labute approximate surface area is 157 Å². The van der Waals surface area contributed by atoms with Crippen molar-refractivity contribution in [2.24, 2.45) is 5.92 Å². The van der Waals surface area contributed by atoms with Gasteiger partial charge in [-0.2, -0.15) is 0 Å². The third-order valence-electron chi connectivity index (χ3n) is 4.77. The zero-order valence-corrected chi connectivity index (χ0v) is 15.3. The molecule has 1 aliphatic heterocycles. The Bertz CT molecular complexity index is 861. The molecule has 3 rings (SSSR count). The maximum atomic E-state index is 12.6. The number of nitrogens with zero attached hydrogens (tertiary/aromatic N) is 1. The van der Waals surface area contributed by atoms with Gasteiger partial charge in [-0.25, -0.2) is 0 Å². The molecule has 27 heavy (non-hydrogen) atoms. The Morgan fingerprint density at radius 1 is 1.11 bits per heavy atom. The van der Waals surface area contributed by atoms with E-state index in [9.17, 15) is 14.4 Å². The predicted molar refractivity (Wildman–Crippen MR) is 98.8 cm³/mol. The van der Waals surface area contributed by atoms with Gasteiger partial charge in [-0.05, 0) is 57.0 Å². The lowest BCUT2D eigenvalue weighted by Crippen LogP contribution is -2.40. The molecule has 0 saturated carbocycles. The number of amides is 2. The molecular formula is C20H22N2O5. The van der Waals surface area contributed by atoms with Crippen molar-refractivity contribution in [3.05, 3.63) is 53.0 Å². The van der Waals surface area contributed by atoms with E-state index in [0.29, 0.717) is 42.9 Å². The lowest BCUT2D eigenvalue weighted by atomic mass is 9.96. The molecule has 7 heteroatoms. The Hall–Kier alpha value is -3.09. The van der Waals surface area contributed by atoms with Gasteiger partial charge < -0.3 is 19.7 Å². The van der Waals surface area contributed by atoms with Gasteiger partial charge in [-0.1, -0.05) is 0 Å². The van der Waals surface area contributed by atoms with Crippen molar-refractivity contribution in [3.8, 4) is 0 Å². The number of carboxylic acids is 1. The number of carboxylic acid groups (broad SMARTS) is 1. The number of nitrogens with one attached hydrogen (secondary N) is 1. The van der Waals surface area contributed by atoms with Crippen molar-refractivity contribution in [1.82, 2.24) is 4.90 Å². The lowest BCUT2D eigenvalue weighted by Gasteiger charge is -2.30. The summed E-state index contributed by atoms with van der Waals surface area (Å²) in [4.78, 5) is 37.5. The molecule has 2 aromatic rings. The zero-order chi connectivity index (χ0) is 19.6. The Morgan fingerprint density at radius 2 is 1.74 bits per heavy atom. The van der Waals surface area contributed by atoms with Crippen LogP contribution in [0.25, 0.3) is 0 Å². The second kappa shape index (κ2) is 7.65. The first kappa shape index (κ1) is 18.7. The van der Waals surface area contributed by atoms with Gasteiger partial charge in [-0.3, -0.25) is 14.4 Å². The maximum absolute atomic E-state index is 12.6. The monoisotopic (exact) mass is 370 g/mol. The Balaban J connectivity index is 1.62. The van der Waals surface area contributed by atoms with Crippen LogP contribution in [0.5, 0.6) is 0 Å². The molecule has 0 aliphatic carbocycles. The first-order valence-corrected chi connectivity index (χ1v) is 8.85. The summed E-state index contributed by atoms with van der Waals surface area (Å²) in [5.74, 6) is -0.701. The van der Waals surface area contributed by atoms with Crippen molar-refractivity contribution >= 4 is 23.5 Å². The number of likely N-dealkylation sites (tertiary alicyclic amines) is 1. The number of rotatable bonds is 4. The predicted octanol–water partition coefficient (Wildman–Crippen LogP) is 3.09. The van der Waals surface area contributed by atoms with Gasteiger partial charge in [-0.15, -0.1) is 0 Å². The largest absolute Gasteiger partial charge is 0.481 e. The summed E-state index contributed by atoms with van der Waals surface area (Å²) in [5.41, 5.74) is 1.84. The molecule has 1 aromatic carbocycles. The highest BCUT2D eigenvalue weighted by Crippen LogP contribution is 2.21. The van der Waals surface area contributed by atoms with Crippen LogP contribution in [0.15, 0.2) is 34.7 Å². The fourth-order valence-corrected chi connectivity index (χ4v) is 3.26. The SMILES string of the molecule is Cc1cc(C)c(C(=O)Nc2ccc(C(=O)N3CCC(C(=O)O)CC3)cc2)o1. The first-order chi connectivity index (χ1) is 12.8. The van der Waals surface area contributed by atoms with E-state index in [4.69, 9.17) is 9.52 Å². The smallest absolute Gasteiger partial charge is 0.306 e. The van der Waals surface area contributed by atoms with Gasteiger partial charge in [0.1, 0.15) is 5.76 Å². The van der Waals surface area contributed by atoms with Crippen LogP contribution in [0.3, 0.4) is 0 Å². The van der Waals surface area contributed by atoms with Crippen LogP contribution in [0.4, 0.5) is 5.69 Å². The van der Waals surface area contributed by atoms with Gasteiger partial charge in [0.25, 0.3) is 11.8 Å². The number of hydrogen-bond donors (Lipinski definition) is 2. The number of benzene rings is 1. The fourth-order valence-electron chi connectivity index (χ4n) is 3.26. The van der Waals surface area contributed by atoms with Gasteiger partial charge in [0, 0.05) is 29.9 Å². The molecule has 2 amide bonds. The molecule has 1 aliphatic rings. The highest BCUT2D eigenvalue weighted by atomic mass is 16.4. The average Bonchev–Trinajstić information content (AvgIpc) is 3.00. The molecule has 0 bridgehead atoms. The molecule has 7 nitrogen and oxygen atoms in total. The molecule has 1 fully saturated rings. The van der Waals surface area contributed by atoms with Crippen LogP contribution in [-0.4, -0.2) is 40.9 Å². The fraction of sp³-hybridized carbons (Fsp3) is 0.350. The van der Waals surface area contributed by atoms with E-state index in [1.165, 1.54) is 0 Å². The number of carbonyl (C=O) groups is 3. The van der Waals surface area contributed by atoms with Gasteiger partial charge in [0.05, 0.1) is 5.92 Å². The standard InChI is InChI=1S/C20H22N2O5/c1-12-11-13(2)27-17(12)18(23)21-16-5-3-14(4-6-16)19(24)22-9-7-15(8-10-22)20(25)26/h3-6,11,15H,7-10H2,1-2H3,(H,21,23)(H,25,26). The van der Waals surface area contributed by atoms with Crippen molar-refractivity contribution < 1.29 is 23.9 Å². The Kier molecular flexibility index (Phi) is 5.30. The van der Waals surface area contributed by atoms with Crippen LogP contribution < -0.4 is 5.32 Å². The maximum Gasteiger partial charge on any atom is 0.306 e. The second-order valence-electron chi connectivity index (χ2n) is 6.81. The number of anilines is 1. The molecule has 142 valence electrons. The molecule has 0 unspecified atom stereocenters. The average molecular weight is 370 g/mol. The topological polar surface area (TPSA) is 99.9 Å². The first-order valence-electron chi connectivity index (χ1n) is 8.85. The van der Waals surface area contributed by atoms with Crippen LogP contribution in [0.1, 0.15) is 45.1 Å². The van der Waals surface area contributed by atoms with Crippen LogP contribution in [-0.2, 0) is 4.79 Å². The number of carbonyl (C=O) groups excluding carboxylic acids is 2. The summed E-state index contributed by atoms with van der Waals surface area (Å²) in [6, 6.07) is 8.44. The van der Waals surface area contributed by atoms with Gasteiger partial charge in [0.15, 0.2) is 5.76 Å². The summed E-state index contributed by atoms with van der Waals surface area (Å²) in [5, 5.41) is 11.8. The highest BCUT2D eigenvalue weighted by Gasteiger charge is 2.27. The normalized spacial score (nSPS) is 14.8. The quantitative estimate of drug-likeness (QED) is 0.861. The van der Waals surface area contributed by atoms with Crippen molar-refractivity contribution in [2.45, 2.75) is 26.7 Å². The molecular weight excluding hydrogens is 348 g/mol. The second-order valence-corrected chi connectivity index (χ2v) is 6.81. The van der Waals surface area contributed by atoms with Crippen molar-refractivity contribution in [3.63, 3.8) is 0 Å². The van der Waals surface area contributed by atoms with E-state index < -0.39 is 5.97 Å². The molecule has 1 saturated heterocycles. The third kappa shape index (κ3) is 4.19. The summed E-state index contributed by atoms with van der Waals surface area (Å²) in [7, 11) is 0. The molecule has 2 heterocycles. The van der Waals surface area contributed by atoms with E-state index in [1.807, 2.05) is 0 Å². The van der Waals surface area contributed by atoms with Crippen LogP contribution in [0, 0.1) is 19.8 Å². The van der Waals surface area contributed by atoms with Gasteiger partial charge in [0.2, 0.25) is 0 Å². The molecule has 0 radical (unpaired) electrons. The highest BCUT2D eigenvalue weighted by molar-refractivity contribution is 6.03. The minimum Gasteiger partial charge on any atom is -0.481 e. The summed E-state index contributed by atoms with van der Waals surface area (Å²) < 4.78 is 5.40. The van der Waals surface area contributed by atoms with E-state index >= 15 is 0 Å². The zero-order valence-electron chi connectivity index (χ0n) is 15.3. The van der Waals surface area contributed by atoms with Gasteiger partial charge >= 0.3 is 5.97 Å². The van der Waals surface area contributed by atoms with E-state index in [2.05, 4.69) is 5.32 Å². The van der Waals surface area contributed by atoms with E-state index in [0.717, 1.165) is 5.56 Å². The molecule has 2 N–H and O–H groups in total. The molecule has 0 spiro atoms. The summed E-state index contributed by atoms with van der Waals surface area (Å²) in [6.45, 7) is 4.46. The number of aryl methyl sites for hydroxylation is 2. The summed E-state index contributed by atoms with van der Waals surface area (Å²) >= 11 is 0. The minimum absolute atomic E-state index is 0.130. The number of furan rings is 1. The van der Waals surface area contributed by atoms with Crippen LogP contribution >= 0.6 is 0 Å². The number of piperidine rings is 1. The van der Waals surface area contributed by atoms with Crippen molar-refractivity contribution in [2.75, 3.05) is 18.4 Å². The number of hydrogen-bond acceptors (Lipinski definition) is 4. The molecule has 1 aromatic heterocycles. The summed E-state index contributed by atoms with van der Waals surface area (Å²) in [6.07, 6.45) is 0.939. The number of aliphatic carboxylic acids is 1. The minimum atomic E-state index is -0.802. The van der Waals surface area contributed by atoms with Crippen molar-refractivity contribution in [1.29, 1.82) is 0 Å². The lowest BCUT2D eigenvalue weighted by molar-refractivity contribution is -0.143. The molecule has 0 atom stereocenters. The van der Waals surface area contributed by atoms with Crippen LogP contribution in [0.2, 0.25) is 0 Å². The van der Waals surface area contributed by atoms with E-state index in [-0.39, 0.29) is 23.5 Å². The Morgan fingerprint density at radius 3 is 2.26 bits per heavy atom. The van der Waals surface area contributed by atoms with E-state index in [1.54, 1.807) is 49.1 Å².